The zero-order chi connectivity index (χ0) is 16.1. The molecule has 1 heterocycles. The quantitative estimate of drug-likeness (QED) is 0.731. The average molecular weight is 367 g/mol. The second-order valence-corrected chi connectivity index (χ2v) is 5.75. The number of anilines is 1. The van der Waals surface area contributed by atoms with Crippen LogP contribution in [0.3, 0.4) is 0 Å². The number of hydrogen-bond donors (Lipinski definition) is 3. The third-order valence-corrected chi connectivity index (χ3v) is 3.81. The van der Waals surface area contributed by atoms with Gasteiger partial charge in [-0.15, -0.1) is 0 Å². The Hall–Kier alpha value is -1.70. The molecule has 2 aromatic rings. The maximum atomic E-state index is 12.0. The Kier molecular flexibility index (Phi) is 5.70. The molecule has 4 N–H and O–H groups in total. The van der Waals surface area contributed by atoms with Crippen molar-refractivity contribution in [2.24, 2.45) is 5.73 Å². The van der Waals surface area contributed by atoms with Crippen LogP contribution in [0.2, 0.25) is 0 Å². The molecule has 0 fully saturated rings. The molecule has 1 atom stereocenters. The number of nitrogens with zero attached hydrogens (tertiary/aromatic N) is 1. The molecule has 0 spiro atoms. The minimum absolute atomic E-state index is 0.164. The van der Waals surface area contributed by atoms with E-state index in [9.17, 15) is 4.79 Å². The van der Waals surface area contributed by atoms with E-state index in [-0.39, 0.29) is 12.5 Å². The van der Waals surface area contributed by atoms with Gasteiger partial charge >= 0.3 is 0 Å². The number of nitrogens with two attached hydrogens (primary N) is 1. The van der Waals surface area contributed by atoms with Crippen molar-refractivity contribution in [3.05, 3.63) is 34.3 Å². The van der Waals surface area contributed by atoms with Crippen LogP contribution in [0.4, 0.5) is 5.82 Å². The molecule has 7 heteroatoms. The number of halogens is 1. The lowest BCUT2D eigenvalue weighted by Gasteiger charge is -2.10. The highest BCUT2D eigenvalue weighted by Crippen LogP contribution is 2.28. The van der Waals surface area contributed by atoms with Gasteiger partial charge in [-0.25, -0.2) is 0 Å². The molecular weight excluding hydrogens is 348 g/mol. The summed E-state index contributed by atoms with van der Waals surface area (Å²) in [6, 6.07) is 7.17. The summed E-state index contributed by atoms with van der Waals surface area (Å²) in [4.78, 5) is 12.0. The van der Waals surface area contributed by atoms with Gasteiger partial charge in [-0.3, -0.25) is 9.89 Å². The molecule has 0 aliphatic heterocycles. The smallest absolute Gasteiger partial charge is 0.244 e. The van der Waals surface area contributed by atoms with Crippen molar-refractivity contribution in [2.45, 2.75) is 19.4 Å². The normalized spacial score (nSPS) is 12.2. The zero-order valence-corrected chi connectivity index (χ0v) is 14.1. The molecule has 1 amide bonds. The molecule has 1 aromatic carbocycles. The number of carbonyl (C=O) groups is 1. The predicted octanol–water partition coefficient (Wildman–Crippen LogP) is 2.31. The van der Waals surface area contributed by atoms with Crippen molar-refractivity contribution in [1.82, 2.24) is 10.2 Å². The summed E-state index contributed by atoms with van der Waals surface area (Å²) in [5.74, 6) is 0.197. The van der Waals surface area contributed by atoms with Crippen molar-refractivity contribution in [1.29, 1.82) is 0 Å². The lowest BCUT2D eigenvalue weighted by molar-refractivity contribution is -0.118. The molecule has 0 radical (unpaired) electrons. The first-order valence-electron chi connectivity index (χ1n) is 6.95. The number of nitrogens with one attached hydrogen (secondary N) is 2. The number of amides is 1. The van der Waals surface area contributed by atoms with E-state index in [1.807, 2.05) is 31.2 Å². The number of aromatic nitrogens is 2. The highest BCUT2D eigenvalue weighted by atomic mass is 79.9. The van der Waals surface area contributed by atoms with Gasteiger partial charge in [0.1, 0.15) is 6.04 Å². The zero-order valence-electron chi connectivity index (χ0n) is 12.5. The van der Waals surface area contributed by atoms with E-state index in [1.165, 1.54) is 7.11 Å². The van der Waals surface area contributed by atoms with Crippen LogP contribution < -0.4 is 11.1 Å². The Bertz CT molecular complexity index is 639. The van der Waals surface area contributed by atoms with E-state index in [0.717, 1.165) is 27.7 Å². The van der Waals surface area contributed by atoms with Crippen molar-refractivity contribution < 1.29 is 9.53 Å². The van der Waals surface area contributed by atoms with E-state index >= 15 is 0 Å². The molecule has 1 aromatic heterocycles. The third-order valence-electron chi connectivity index (χ3n) is 3.28. The highest BCUT2D eigenvalue weighted by Gasteiger charge is 2.19. The van der Waals surface area contributed by atoms with Crippen LogP contribution in [-0.4, -0.2) is 35.9 Å². The first kappa shape index (κ1) is 16.7. The maximum Gasteiger partial charge on any atom is 0.244 e. The summed E-state index contributed by atoms with van der Waals surface area (Å²) in [6.45, 7) is 2.18. The molecule has 2 rings (SSSR count). The number of aromatic amines is 1. The van der Waals surface area contributed by atoms with Crippen molar-refractivity contribution in [3.63, 3.8) is 0 Å². The van der Waals surface area contributed by atoms with Gasteiger partial charge < -0.3 is 15.8 Å². The topological polar surface area (TPSA) is 93.0 Å². The van der Waals surface area contributed by atoms with Crippen LogP contribution in [0.15, 0.2) is 28.7 Å². The minimum atomic E-state index is -0.720. The van der Waals surface area contributed by atoms with Crippen LogP contribution in [0.5, 0.6) is 0 Å². The Morgan fingerprint density at radius 2 is 2.14 bits per heavy atom. The number of H-pyrrole nitrogens is 1. The SMILES string of the molecule is CCc1c(NC(=O)C(N)COC)n[nH]c1-c1ccc(Br)cc1. The molecule has 0 aliphatic carbocycles. The fourth-order valence-electron chi connectivity index (χ4n) is 2.13. The van der Waals surface area contributed by atoms with Crippen LogP contribution in [0, 0.1) is 0 Å². The predicted molar refractivity (Wildman–Crippen MR) is 89.6 cm³/mol. The molecule has 1 unspecified atom stereocenters. The van der Waals surface area contributed by atoms with Gasteiger partial charge in [-0.2, -0.15) is 5.10 Å². The minimum Gasteiger partial charge on any atom is -0.383 e. The van der Waals surface area contributed by atoms with Crippen LogP contribution in [0.1, 0.15) is 12.5 Å². The fraction of sp³-hybridized carbons (Fsp3) is 0.333. The summed E-state index contributed by atoms with van der Waals surface area (Å²) in [5, 5.41) is 9.94. The largest absolute Gasteiger partial charge is 0.383 e. The first-order valence-corrected chi connectivity index (χ1v) is 7.74. The van der Waals surface area contributed by atoms with Gasteiger partial charge in [-0.1, -0.05) is 35.0 Å². The van der Waals surface area contributed by atoms with Gasteiger partial charge in [0.15, 0.2) is 5.82 Å². The molecule has 0 bridgehead atoms. The van der Waals surface area contributed by atoms with Crippen molar-refractivity contribution in [2.75, 3.05) is 19.0 Å². The Balaban J connectivity index is 2.24. The number of rotatable bonds is 6. The highest BCUT2D eigenvalue weighted by molar-refractivity contribution is 9.10. The van der Waals surface area contributed by atoms with Crippen molar-refractivity contribution in [3.8, 4) is 11.3 Å². The molecule has 0 saturated heterocycles. The van der Waals surface area contributed by atoms with Crippen LogP contribution in [0.25, 0.3) is 11.3 Å². The van der Waals surface area contributed by atoms with Crippen molar-refractivity contribution >= 4 is 27.7 Å². The van der Waals surface area contributed by atoms with Crippen LogP contribution in [-0.2, 0) is 16.0 Å². The Morgan fingerprint density at radius 1 is 1.45 bits per heavy atom. The third kappa shape index (κ3) is 3.73. The summed E-state index contributed by atoms with van der Waals surface area (Å²) in [5.41, 5.74) is 8.57. The van der Waals surface area contributed by atoms with E-state index in [0.29, 0.717) is 5.82 Å². The molecule has 22 heavy (non-hydrogen) atoms. The summed E-state index contributed by atoms with van der Waals surface area (Å²) in [7, 11) is 1.50. The fourth-order valence-corrected chi connectivity index (χ4v) is 2.40. The monoisotopic (exact) mass is 366 g/mol. The molecule has 6 nitrogen and oxygen atoms in total. The van der Waals surface area contributed by atoms with E-state index in [1.54, 1.807) is 0 Å². The Labute approximate surface area is 137 Å². The first-order chi connectivity index (χ1) is 10.6. The van der Waals surface area contributed by atoms with Gasteiger partial charge in [-0.05, 0) is 24.1 Å². The van der Waals surface area contributed by atoms with E-state index < -0.39 is 6.04 Å². The summed E-state index contributed by atoms with van der Waals surface area (Å²) >= 11 is 3.41. The van der Waals surface area contributed by atoms with E-state index in [4.69, 9.17) is 10.5 Å². The van der Waals surface area contributed by atoms with E-state index in [2.05, 4.69) is 31.4 Å². The number of methoxy groups -OCH3 is 1. The van der Waals surface area contributed by atoms with Gasteiger partial charge in [0.05, 0.1) is 12.3 Å². The lowest BCUT2D eigenvalue weighted by atomic mass is 10.1. The standard InChI is InChI=1S/C15H19BrN4O2/c1-3-11-13(9-4-6-10(16)7-5-9)19-20-14(11)18-15(21)12(17)8-22-2/h4-7,12H,3,8,17H2,1-2H3,(H2,18,19,20,21). The summed E-state index contributed by atoms with van der Waals surface area (Å²) < 4.78 is 5.89. The maximum absolute atomic E-state index is 12.0. The number of ether oxygens (including phenoxy) is 1. The van der Waals surface area contributed by atoms with Gasteiger partial charge in [0.2, 0.25) is 5.91 Å². The summed E-state index contributed by atoms with van der Waals surface area (Å²) in [6.07, 6.45) is 0.733. The Morgan fingerprint density at radius 3 is 2.73 bits per heavy atom. The van der Waals surface area contributed by atoms with Crippen LogP contribution >= 0.6 is 15.9 Å². The average Bonchev–Trinajstić information content (AvgIpc) is 2.90. The molecule has 0 aliphatic rings. The number of hydrogen-bond acceptors (Lipinski definition) is 4. The molecule has 118 valence electrons. The second kappa shape index (κ2) is 7.53. The lowest BCUT2D eigenvalue weighted by Crippen LogP contribution is -2.39. The number of carbonyl (C=O) groups excluding carboxylic acids is 1. The molecule has 0 saturated carbocycles. The van der Waals surface area contributed by atoms with Gasteiger partial charge in [0, 0.05) is 17.1 Å². The number of benzene rings is 1. The molecular formula is C15H19BrN4O2. The second-order valence-electron chi connectivity index (χ2n) is 4.84. The van der Waals surface area contributed by atoms with Gasteiger partial charge in [0.25, 0.3) is 0 Å².